The molecule has 1 atom stereocenters. The van der Waals surface area contributed by atoms with E-state index in [4.69, 9.17) is 0 Å². The van der Waals surface area contributed by atoms with Crippen LogP contribution in [-0.4, -0.2) is 44.3 Å². The number of carbonyl (C=O) groups is 2. The van der Waals surface area contributed by atoms with E-state index in [9.17, 15) is 14.8 Å². The van der Waals surface area contributed by atoms with Crippen molar-refractivity contribution in [3.8, 4) is 0 Å². The van der Waals surface area contributed by atoms with E-state index in [0.717, 1.165) is 25.7 Å². The zero-order valence-electron chi connectivity index (χ0n) is 14.8. The van der Waals surface area contributed by atoms with Gasteiger partial charge in [0.2, 0.25) is 12.3 Å². The summed E-state index contributed by atoms with van der Waals surface area (Å²) < 4.78 is 0. The fraction of sp³-hybridized carbons (Fsp3) is 0.471. The first kappa shape index (κ1) is 19.5. The molecule has 140 valence electrons. The first-order chi connectivity index (χ1) is 12.6. The van der Waals surface area contributed by atoms with E-state index in [0.29, 0.717) is 22.5 Å². The molecule has 0 saturated heterocycles. The number of nitrogens with zero attached hydrogens (tertiary/aromatic N) is 4. The molecular weight excluding hydrogens is 336 g/mol. The van der Waals surface area contributed by atoms with Crippen LogP contribution in [0.4, 0.5) is 5.95 Å². The van der Waals surface area contributed by atoms with Crippen molar-refractivity contribution >= 4 is 29.3 Å². The molecule has 3 N–H and O–H groups in total. The molecule has 0 unspecified atom stereocenters. The number of benzene rings is 1. The maximum atomic E-state index is 12.4. The zero-order valence-corrected chi connectivity index (χ0v) is 14.8. The highest BCUT2D eigenvalue weighted by molar-refractivity contribution is 5.80. The number of hydrogen-bond acceptors (Lipinski definition) is 7. The molecule has 2 aromatic rings. The van der Waals surface area contributed by atoms with Gasteiger partial charge in [0.05, 0.1) is 18.0 Å². The Hall–Kier alpha value is -2.81. The fourth-order valence-corrected chi connectivity index (χ4v) is 2.55. The standard InChI is InChI=1S/C17H24N6O3/c1-2-3-4-5-8-13(11-23(26)12-24)16(25)20-22-17-18-14-9-6-7-10-15(14)19-21-17/h6-7,9-10,12-13,26H,2-5,8,11H2,1H3,(H,20,25)(H,18,21,22)/t13-/m1/s1. The average molecular weight is 360 g/mol. The number of hydrogen-bond donors (Lipinski definition) is 3. The lowest BCUT2D eigenvalue weighted by molar-refractivity contribution is -0.154. The van der Waals surface area contributed by atoms with Crippen molar-refractivity contribution in [1.82, 2.24) is 25.7 Å². The van der Waals surface area contributed by atoms with Gasteiger partial charge in [0.15, 0.2) is 0 Å². The van der Waals surface area contributed by atoms with Gasteiger partial charge in [-0.1, -0.05) is 44.7 Å². The van der Waals surface area contributed by atoms with Gasteiger partial charge >= 0.3 is 0 Å². The molecule has 0 aliphatic rings. The largest absolute Gasteiger partial charge is 0.286 e. The zero-order chi connectivity index (χ0) is 18.8. The first-order valence-corrected chi connectivity index (χ1v) is 8.70. The Morgan fingerprint density at radius 1 is 1.23 bits per heavy atom. The van der Waals surface area contributed by atoms with Crippen LogP contribution in [0.1, 0.15) is 39.0 Å². The smallest absolute Gasteiger partial charge is 0.262 e. The second-order valence-electron chi connectivity index (χ2n) is 6.01. The number of carbonyl (C=O) groups excluding carboxylic acids is 2. The minimum Gasteiger partial charge on any atom is -0.286 e. The van der Waals surface area contributed by atoms with Gasteiger partial charge in [0.1, 0.15) is 5.52 Å². The van der Waals surface area contributed by atoms with Crippen LogP contribution in [-0.2, 0) is 9.59 Å². The van der Waals surface area contributed by atoms with Crippen LogP contribution in [0.2, 0.25) is 0 Å². The van der Waals surface area contributed by atoms with E-state index >= 15 is 0 Å². The molecule has 1 aromatic heterocycles. The Balaban J connectivity index is 1.93. The Labute approximate surface area is 151 Å². The third kappa shape index (κ3) is 5.92. The third-order valence-corrected chi connectivity index (χ3v) is 3.96. The maximum Gasteiger partial charge on any atom is 0.262 e. The van der Waals surface area contributed by atoms with Gasteiger partial charge in [0.25, 0.3) is 5.95 Å². The quantitative estimate of drug-likeness (QED) is 0.242. The van der Waals surface area contributed by atoms with E-state index in [1.54, 1.807) is 12.1 Å². The number of fused-ring (bicyclic) bond motifs is 1. The molecule has 0 radical (unpaired) electrons. The Kier molecular flexibility index (Phi) is 7.69. The highest BCUT2D eigenvalue weighted by Gasteiger charge is 2.20. The number of para-hydroxylation sites is 1. The summed E-state index contributed by atoms with van der Waals surface area (Å²) in [5.41, 5.74) is 6.47. The lowest BCUT2D eigenvalue weighted by Crippen LogP contribution is -2.40. The molecule has 1 heterocycles. The summed E-state index contributed by atoms with van der Waals surface area (Å²) >= 11 is 0. The molecule has 2 rings (SSSR count). The minimum atomic E-state index is -0.539. The normalized spacial score (nSPS) is 11.8. The predicted octanol–water partition coefficient (Wildman–Crippen LogP) is 1.90. The number of unbranched alkanes of at least 4 members (excludes halogenated alkanes) is 3. The number of hydrazine groups is 1. The highest BCUT2D eigenvalue weighted by atomic mass is 16.5. The summed E-state index contributed by atoms with van der Waals surface area (Å²) in [6.45, 7) is 2.04. The van der Waals surface area contributed by atoms with E-state index in [-0.39, 0.29) is 24.8 Å². The van der Waals surface area contributed by atoms with Crippen molar-refractivity contribution in [2.24, 2.45) is 5.92 Å². The summed E-state index contributed by atoms with van der Waals surface area (Å²) in [6, 6.07) is 7.26. The van der Waals surface area contributed by atoms with E-state index in [1.165, 1.54) is 0 Å². The van der Waals surface area contributed by atoms with Crippen LogP contribution in [0.5, 0.6) is 0 Å². The molecule has 9 heteroatoms. The molecule has 0 bridgehead atoms. The second kappa shape index (κ2) is 10.2. The monoisotopic (exact) mass is 360 g/mol. The Bertz CT molecular complexity index is 726. The van der Waals surface area contributed by atoms with Gasteiger partial charge in [-0.15, -0.1) is 10.2 Å². The molecule has 0 aliphatic carbocycles. The number of rotatable bonds is 11. The number of amides is 2. The van der Waals surface area contributed by atoms with Crippen LogP contribution in [0, 0.1) is 5.92 Å². The fourth-order valence-electron chi connectivity index (χ4n) is 2.55. The molecule has 9 nitrogen and oxygen atoms in total. The molecule has 0 aliphatic heterocycles. The number of hydroxylamine groups is 2. The molecule has 1 aromatic carbocycles. The molecule has 2 amide bonds. The van der Waals surface area contributed by atoms with Gasteiger partial charge in [-0.2, -0.15) is 0 Å². The number of nitrogens with one attached hydrogen (secondary N) is 2. The van der Waals surface area contributed by atoms with Crippen molar-refractivity contribution in [3.05, 3.63) is 24.3 Å². The second-order valence-corrected chi connectivity index (χ2v) is 6.01. The average Bonchev–Trinajstić information content (AvgIpc) is 2.68. The van der Waals surface area contributed by atoms with Gasteiger partial charge in [-0.25, -0.2) is 10.0 Å². The maximum absolute atomic E-state index is 12.4. The Morgan fingerprint density at radius 3 is 2.73 bits per heavy atom. The summed E-state index contributed by atoms with van der Waals surface area (Å²) in [7, 11) is 0. The third-order valence-electron chi connectivity index (χ3n) is 3.96. The minimum absolute atomic E-state index is 0.0695. The van der Waals surface area contributed by atoms with Crippen molar-refractivity contribution in [2.75, 3.05) is 12.0 Å². The topological polar surface area (TPSA) is 120 Å². The van der Waals surface area contributed by atoms with Crippen LogP contribution >= 0.6 is 0 Å². The van der Waals surface area contributed by atoms with Crippen molar-refractivity contribution in [2.45, 2.75) is 39.0 Å². The van der Waals surface area contributed by atoms with E-state index < -0.39 is 5.92 Å². The van der Waals surface area contributed by atoms with Crippen molar-refractivity contribution in [3.63, 3.8) is 0 Å². The van der Waals surface area contributed by atoms with E-state index in [2.05, 4.69) is 33.0 Å². The lowest BCUT2D eigenvalue weighted by atomic mass is 10.00. The number of anilines is 1. The Morgan fingerprint density at radius 2 is 2.00 bits per heavy atom. The number of aromatic nitrogens is 3. The lowest BCUT2D eigenvalue weighted by Gasteiger charge is -2.19. The van der Waals surface area contributed by atoms with Gasteiger partial charge in [0, 0.05) is 0 Å². The summed E-state index contributed by atoms with van der Waals surface area (Å²) in [5, 5.41) is 17.8. The van der Waals surface area contributed by atoms with Crippen molar-refractivity contribution in [1.29, 1.82) is 0 Å². The molecular formula is C17H24N6O3. The predicted molar refractivity (Wildman–Crippen MR) is 95.9 cm³/mol. The summed E-state index contributed by atoms with van der Waals surface area (Å²) in [4.78, 5) is 27.3. The summed E-state index contributed by atoms with van der Waals surface area (Å²) in [5.74, 6) is -0.722. The summed E-state index contributed by atoms with van der Waals surface area (Å²) in [6.07, 6.45) is 4.86. The molecule has 0 fully saturated rings. The SMILES string of the molecule is CCCCCC[C@H](CN(O)C=O)C(=O)NNc1nnc2ccccc2n1. The van der Waals surface area contributed by atoms with Crippen LogP contribution in [0.15, 0.2) is 24.3 Å². The van der Waals surface area contributed by atoms with Gasteiger partial charge < -0.3 is 0 Å². The van der Waals surface area contributed by atoms with Gasteiger partial charge in [-0.05, 0) is 18.6 Å². The van der Waals surface area contributed by atoms with Gasteiger partial charge in [-0.3, -0.25) is 25.6 Å². The van der Waals surface area contributed by atoms with Crippen LogP contribution in [0.3, 0.4) is 0 Å². The molecule has 0 saturated carbocycles. The van der Waals surface area contributed by atoms with Crippen LogP contribution in [0.25, 0.3) is 11.0 Å². The van der Waals surface area contributed by atoms with E-state index in [1.807, 2.05) is 12.1 Å². The van der Waals surface area contributed by atoms with Crippen molar-refractivity contribution < 1.29 is 14.8 Å². The molecule has 0 spiro atoms. The highest BCUT2D eigenvalue weighted by Crippen LogP contribution is 2.13. The first-order valence-electron chi connectivity index (χ1n) is 8.70. The molecule has 26 heavy (non-hydrogen) atoms. The van der Waals surface area contributed by atoms with Crippen LogP contribution < -0.4 is 10.9 Å².